The highest BCUT2D eigenvalue weighted by atomic mass is 16.4. The van der Waals surface area contributed by atoms with Gasteiger partial charge in [-0.15, -0.1) is 0 Å². The van der Waals surface area contributed by atoms with Gasteiger partial charge in [0, 0.05) is 27.1 Å². The summed E-state index contributed by atoms with van der Waals surface area (Å²) in [6.45, 7) is 1.26. The molecule has 0 spiro atoms. The van der Waals surface area contributed by atoms with Gasteiger partial charge in [0.2, 0.25) is 29.5 Å². The average molecular weight is 692 g/mol. The number of aliphatic carboxylic acids is 2. The van der Waals surface area contributed by atoms with Crippen LogP contribution in [0, 0.1) is 0 Å². The summed E-state index contributed by atoms with van der Waals surface area (Å²) in [5, 5.41) is 42.7. The Labute approximate surface area is 280 Å². The van der Waals surface area contributed by atoms with E-state index in [9.17, 15) is 53.7 Å². The topological polar surface area (TPSA) is 311 Å². The van der Waals surface area contributed by atoms with E-state index < -0.39 is 90.6 Å². The fraction of sp³-hybridized carbons (Fsp3) is 0.483. The number of likely N-dealkylation sites (N-methyl/N-ethyl adjacent to an activating group) is 1. The second kappa shape index (κ2) is 18.4. The fourth-order valence-corrected chi connectivity index (χ4v) is 4.59. The number of nitrogens with two attached hydrogens (primary N) is 1. The molecule has 1 aliphatic rings. The minimum Gasteiger partial charge on any atom is -0.508 e. The molecule has 0 saturated carbocycles. The highest BCUT2D eigenvalue weighted by Gasteiger charge is 2.36. The molecular weight excluding hydrogens is 650 g/mol. The van der Waals surface area contributed by atoms with Crippen molar-refractivity contribution in [3.63, 3.8) is 0 Å². The number of aromatic hydroxyl groups is 1. The molecule has 49 heavy (non-hydrogen) atoms. The third-order valence-corrected chi connectivity index (χ3v) is 7.30. The number of rotatable bonds is 8. The second-order valence-electron chi connectivity index (χ2n) is 11.1. The van der Waals surface area contributed by atoms with E-state index in [0.717, 1.165) is 4.90 Å². The number of hydrogen-bond donors (Lipinski definition) is 10. The zero-order valence-corrected chi connectivity index (χ0v) is 27.0. The van der Waals surface area contributed by atoms with Gasteiger partial charge in [0.25, 0.3) is 0 Å². The summed E-state index contributed by atoms with van der Waals surface area (Å²) < 4.78 is 0. The SMILES string of the molecule is CNC(=O)NC(N)=NCCCC1NC(=O)[C@@H](C)NC(=O)C[C@@H](C(=O)O)NC(=O)C[C@@H](C(=O)O)NC(=O)C(Cc2ccc(O)cc2)N(C)C1=O. The summed E-state index contributed by atoms with van der Waals surface area (Å²) >= 11 is 0. The van der Waals surface area contributed by atoms with E-state index in [1.54, 1.807) is 0 Å². The first kappa shape index (κ1) is 39.2. The summed E-state index contributed by atoms with van der Waals surface area (Å²) in [4.78, 5) is 106. The third kappa shape index (κ3) is 12.6. The molecule has 1 heterocycles. The molecule has 5 atom stereocenters. The van der Waals surface area contributed by atoms with Crippen molar-refractivity contribution in [1.29, 1.82) is 0 Å². The Bertz CT molecular complexity index is 1450. The molecule has 20 heteroatoms. The average Bonchev–Trinajstić information content (AvgIpc) is 3.03. The van der Waals surface area contributed by atoms with Crippen molar-refractivity contribution in [3.05, 3.63) is 29.8 Å². The Morgan fingerprint density at radius 2 is 1.49 bits per heavy atom. The first-order valence-electron chi connectivity index (χ1n) is 15.0. The number of nitrogens with zero attached hydrogens (tertiary/aromatic N) is 2. The van der Waals surface area contributed by atoms with Crippen LogP contribution in [0.3, 0.4) is 0 Å². The van der Waals surface area contributed by atoms with Crippen molar-refractivity contribution in [2.45, 2.75) is 69.2 Å². The molecule has 2 unspecified atom stereocenters. The van der Waals surface area contributed by atoms with Crippen LogP contribution < -0.4 is 37.6 Å². The lowest BCUT2D eigenvalue weighted by Gasteiger charge is -2.32. The van der Waals surface area contributed by atoms with E-state index in [2.05, 4.69) is 31.6 Å². The summed E-state index contributed by atoms with van der Waals surface area (Å²) in [6, 6.07) is -2.76. The van der Waals surface area contributed by atoms with Gasteiger partial charge in [-0.2, -0.15) is 0 Å². The van der Waals surface area contributed by atoms with Crippen LogP contribution in [0.4, 0.5) is 4.79 Å². The lowest BCUT2D eigenvalue weighted by Crippen LogP contribution is -2.58. The number of phenols is 1. The van der Waals surface area contributed by atoms with E-state index in [1.165, 1.54) is 45.3 Å². The van der Waals surface area contributed by atoms with Gasteiger partial charge < -0.3 is 52.5 Å². The van der Waals surface area contributed by atoms with E-state index in [0.29, 0.717) is 5.56 Å². The number of aliphatic imine (C=N–C) groups is 1. The lowest BCUT2D eigenvalue weighted by molar-refractivity contribution is -0.147. The Balaban J connectivity index is 2.52. The number of carbonyl (C=O) groups excluding carboxylic acids is 6. The third-order valence-electron chi connectivity index (χ3n) is 7.30. The van der Waals surface area contributed by atoms with Crippen molar-refractivity contribution >= 4 is 53.5 Å². The minimum atomic E-state index is -1.88. The van der Waals surface area contributed by atoms with Crippen LogP contribution in [0.2, 0.25) is 0 Å². The molecule has 1 aromatic rings. The smallest absolute Gasteiger partial charge is 0.326 e. The van der Waals surface area contributed by atoms with Crippen molar-refractivity contribution in [2.24, 2.45) is 10.7 Å². The standard InChI is InChI=1S/C29H41N9O11/c1-14-23(42)35-17(5-4-10-32-28(30)37-29(49)31-2)25(44)38(3)20(11-15-6-8-16(39)9-7-15)24(43)36-19(27(47)48)13-22(41)34-18(26(45)46)12-21(40)33-14/h6-9,14,17-20,39H,4-5,10-13H2,1-3H3,(H,33,40)(H,34,41)(H,35,42)(H,36,43)(H,45,46)(H,47,48)(H4,30,31,32,37,49)/t14-,17?,18+,19+,20?/m1/s1. The number of carboxylic acids is 2. The number of carboxylic acid groups (broad SMARTS) is 2. The molecule has 1 aromatic carbocycles. The molecule has 268 valence electrons. The zero-order chi connectivity index (χ0) is 36.8. The molecule has 2 rings (SSSR count). The van der Waals surface area contributed by atoms with Gasteiger partial charge in [-0.05, 0) is 37.5 Å². The van der Waals surface area contributed by atoms with Crippen molar-refractivity contribution in [2.75, 3.05) is 20.6 Å². The number of guanidine groups is 1. The van der Waals surface area contributed by atoms with Crippen LogP contribution in [0.1, 0.15) is 38.2 Å². The maximum absolute atomic E-state index is 13.9. The van der Waals surface area contributed by atoms with Gasteiger partial charge >= 0.3 is 18.0 Å². The normalized spacial score (nSPS) is 23.2. The number of nitrogens with one attached hydrogen (secondary N) is 6. The number of hydrogen-bond acceptors (Lipinski definition) is 10. The van der Waals surface area contributed by atoms with E-state index >= 15 is 0 Å². The van der Waals surface area contributed by atoms with Crippen LogP contribution >= 0.6 is 0 Å². The van der Waals surface area contributed by atoms with Gasteiger partial charge in [-0.3, -0.25) is 34.3 Å². The Hall–Kier alpha value is -5.95. The Morgan fingerprint density at radius 3 is 2.06 bits per heavy atom. The Kier molecular flexibility index (Phi) is 14.7. The first-order valence-corrected chi connectivity index (χ1v) is 15.0. The van der Waals surface area contributed by atoms with Crippen LogP contribution in [0.5, 0.6) is 5.75 Å². The minimum absolute atomic E-state index is 0.0131. The molecule has 1 saturated heterocycles. The van der Waals surface area contributed by atoms with Gasteiger partial charge in [-0.1, -0.05) is 12.1 Å². The van der Waals surface area contributed by atoms with Crippen molar-refractivity contribution in [1.82, 2.24) is 36.8 Å². The second-order valence-corrected chi connectivity index (χ2v) is 11.1. The molecular formula is C29H41N9O11. The molecule has 20 nitrogen and oxygen atoms in total. The first-order chi connectivity index (χ1) is 23.0. The predicted octanol–water partition coefficient (Wildman–Crippen LogP) is -3.29. The van der Waals surface area contributed by atoms with Gasteiger partial charge in [0.05, 0.1) is 12.8 Å². The van der Waals surface area contributed by atoms with E-state index in [1.807, 2.05) is 5.32 Å². The molecule has 0 bridgehead atoms. The lowest BCUT2D eigenvalue weighted by atomic mass is 10.0. The number of benzene rings is 1. The van der Waals surface area contributed by atoms with Gasteiger partial charge in [-0.25, -0.2) is 14.4 Å². The van der Waals surface area contributed by atoms with Gasteiger partial charge in [0.1, 0.15) is 36.0 Å². The van der Waals surface area contributed by atoms with Crippen molar-refractivity contribution in [3.8, 4) is 5.75 Å². The molecule has 0 radical (unpaired) electrons. The number of phenolic OH excluding ortho intramolecular Hbond substituents is 1. The Morgan fingerprint density at radius 1 is 0.918 bits per heavy atom. The number of amides is 7. The van der Waals surface area contributed by atoms with E-state index in [4.69, 9.17) is 5.73 Å². The highest BCUT2D eigenvalue weighted by molar-refractivity contribution is 5.97. The molecule has 0 aliphatic carbocycles. The number of carbonyl (C=O) groups is 8. The molecule has 0 aromatic heterocycles. The van der Waals surface area contributed by atoms with Crippen molar-refractivity contribution < 1.29 is 53.7 Å². The highest BCUT2D eigenvalue weighted by Crippen LogP contribution is 2.16. The molecule has 7 amide bonds. The number of urea groups is 1. The summed E-state index contributed by atoms with van der Waals surface area (Å²) in [7, 11) is 2.61. The van der Waals surface area contributed by atoms with Crippen LogP contribution in [0.25, 0.3) is 0 Å². The monoisotopic (exact) mass is 691 g/mol. The van der Waals surface area contributed by atoms with E-state index in [-0.39, 0.29) is 37.5 Å². The molecule has 11 N–H and O–H groups in total. The predicted molar refractivity (Wildman–Crippen MR) is 170 cm³/mol. The summed E-state index contributed by atoms with van der Waals surface area (Å²) in [5.41, 5.74) is 6.11. The summed E-state index contributed by atoms with van der Waals surface area (Å²) in [5.74, 6) is -8.29. The largest absolute Gasteiger partial charge is 0.508 e. The zero-order valence-electron chi connectivity index (χ0n) is 27.0. The molecule has 1 aliphatic heterocycles. The molecule has 1 fully saturated rings. The maximum atomic E-state index is 13.9. The van der Waals surface area contributed by atoms with Crippen LogP contribution in [0.15, 0.2) is 29.3 Å². The van der Waals surface area contributed by atoms with Crippen LogP contribution in [-0.2, 0) is 40.0 Å². The van der Waals surface area contributed by atoms with Crippen LogP contribution in [-0.4, -0.2) is 125 Å². The fourth-order valence-electron chi connectivity index (χ4n) is 4.59. The van der Waals surface area contributed by atoms with Gasteiger partial charge in [0.15, 0.2) is 5.96 Å². The quantitative estimate of drug-likeness (QED) is 0.0729. The maximum Gasteiger partial charge on any atom is 0.326 e. The summed E-state index contributed by atoms with van der Waals surface area (Å²) in [6.07, 6.45) is -1.92.